The van der Waals surface area contributed by atoms with Crippen LogP contribution in [-0.4, -0.2) is 17.5 Å². The third-order valence-electron chi connectivity index (χ3n) is 7.76. The Morgan fingerprint density at radius 3 is 2.02 bits per heavy atom. The maximum atomic E-state index is 13.8. The van der Waals surface area contributed by atoms with Gasteiger partial charge in [0.25, 0.3) is 0 Å². The summed E-state index contributed by atoms with van der Waals surface area (Å²) in [6.07, 6.45) is -3.78. The summed E-state index contributed by atoms with van der Waals surface area (Å²) in [6, 6.07) is 33.1. The van der Waals surface area contributed by atoms with Crippen LogP contribution in [0.3, 0.4) is 0 Å². The molecule has 4 aromatic rings. The molecule has 0 aliphatic carbocycles. The van der Waals surface area contributed by atoms with E-state index in [-0.39, 0.29) is 36.6 Å². The van der Waals surface area contributed by atoms with E-state index in [9.17, 15) is 18.0 Å². The number of hydrogen-bond donors (Lipinski definition) is 0. The maximum absolute atomic E-state index is 13.8. The Bertz CT molecular complexity index is 1420. The number of carbonyl (C=O) groups excluding carboxylic acids is 1. The number of benzene rings is 4. The first kappa shape index (κ1) is 31.0. The van der Waals surface area contributed by atoms with Gasteiger partial charge in [-0.05, 0) is 60.6 Å². The molecule has 0 fully saturated rings. The molecule has 4 rings (SSSR count). The van der Waals surface area contributed by atoms with E-state index in [1.54, 1.807) is 13.0 Å². The summed E-state index contributed by atoms with van der Waals surface area (Å²) in [5.41, 5.74) is 3.41. The fourth-order valence-electron chi connectivity index (χ4n) is 5.67. The smallest absolute Gasteiger partial charge is 0.416 e. The lowest BCUT2D eigenvalue weighted by molar-refractivity contribution is -0.151. The Morgan fingerprint density at radius 2 is 1.38 bits per heavy atom. The molecule has 0 radical (unpaired) electrons. The van der Waals surface area contributed by atoms with Gasteiger partial charge in [0.1, 0.15) is 0 Å². The van der Waals surface area contributed by atoms with Crippen LogP contribution in [0, 0.1) is 5.92 Å². The van der Waals surface area contributed by atoms with Crippen molar-refractivity contribution < 1.29 is 22.7 Å². The summed E-state index contributed by atoms with van der Waals surface area (Å²) in [4.78, 5) is 15.8. The number of rotatable bonds is 12. The molecule has 0 bridgehead atoms. The number of ether oxygens (including phenoxy) is 1. The fraction of sp³-hybridized carbons (Fsp3) is 0.306. The van der Waals surface area contributed by atoms with Crippen LogP contribution in [-0.2, 0) is 28.7 Å². The van der Waals surface area contributed by atoms with Crippen LogP contribution in [0.1, 0.15) is 72.7 Å². The zero-order chi connectivity index (χ0) is 30.1. The largest absolute Gasteiger partial charge is 0.466 e. The number of hydrogen-bond acceptors (Lipinski definition) is 3. The summed E-state index contributed by atoms with van der Waals surface area (Å²) in [5, 5.41) is 0. The zero-order valence-corrected chi connectivity index (χ0v) is 24.4. The lowest BCUT2D eigenvalue weighted by Gasteiger charge is -2.40. The standard InChI is InChI=1S/C36H38F3NO2/c1-4-32(35(41)42-5-2)34(40(25-27-15-8-6-9-16-27)26(3)29-18-10-7-11-19-29)31-21-14-17-28(24-31)23-30-20-12-13-22-33(30)36(37,38)39/h6-22,24,26,32,34H,4-5,23,25H2,1-3H3/t26-,32+,34?/m1/s1. The van der Waals surface area contributed by atoms with Crippen molar-refractivity contribution in [2.45, 2.75) is 58.4 Å². The van der Waals surface area contributed by atoms with E-state index >= 15 is 0 Å². The van der Waals surface area contributed by atoms with E-state index in [2.05, 4.69) is 36.1 Å². The molecule has 42 heavy (non-hydrogen) atoms. The number of nitrogens with zero attached hydrogens (tertiary/aromatic N) is 1. The van der Waals surface area contributed by atoms with Crippen molar-refractivity contribution in [3.63, 3.8) is 0 Å². The number of alkyl halides is 3. The van der Waals surface area contributed by atoms with Crippen molar-refractivity contribution in [3.8, 4) is 0 Å². The van der Waals surface area contributed by atoms with Gasteiger partial charge in [-0.2, -0.15) is 13.2 Å². The highest BCUT2D eigenvalue weighted by Crippen LogP contribution is 2.40. The van der Waals surface area contributed by atoms with Gasteiger partial charge in [0.2, 0.25) is 0 Å². The van der Waals surface area contributed by atoms with Crippen LogP contribution in [0.5, 0.6) is 0 Å². The van der Waals surface area contributed by atoms with E-state index in [1.807, 2.05) is 67.6 Å². The molecular weight excluding hydrogens is 535 g/mol. The van der Waals surface area contributed by atoms with Crippen molar-refractivity contribution in [1.29, 1.82) is 0 Å². The van der Waals surface area contributed by atoms with Gasteiger partial charge < -0.3 is 4.74 Å². The molecule has 0 heterocycles. The Balaban J connectivity index is 1.83. The van der Waals surface area contributed by atoms with Gasteiger partial charge in [-0.15, -0.1) is 0 Å². The van der Waals surface area contributed by atoms with E-state index in [4.69, 9.17) is 4.74 Å². The lowest BCUT2D eigenvalue weighted by Crippen LogP contribution is -2.39. The highest BCUT2D eigenvalue weighted by atomic mass is 19.4. The van der Waals surface area contributed by atoms with Crippen molar-refractivity contribution in [2.24, 2.45) is 5.92 Å². The van der Waals surface area contributed by atoms with Gasteiger partial charge in [0.05, 0.1) is 18.1 Å². The van der Waals surface area contributed by atoms with Crippen LogP contribution in [0.2, 0.25) is 0 Å². The molecule has 0 amide bonds. The highest BCUT2D eigenvalue weighted by molar-refractivity contribution is 5.73. The summed E-state index contributed by atoms with van der Waals surface area (Å²) < 4.78 is 46.9. The predicted octanol–water partition coefficient (Wildman–Crippen LogP) is 9.19. The first-order valence-corrected chi connectivity index (χ1v) is 14.5. The SMILES string of the molecule is CCOC(=O)[C@@H](CC)C(c1cccc(Cc2ccccc2C(F)(F)F)c1)N(Cc1ccccc1)[C@H](C)c1ccccc1. The Morgan fingerprint density at radius 1 is 0.786 bits per heavy atom. The zero-order valence-electron chi connectivity index (χ0n) is 24.4. The van der Waals surface area contributed by atoms with Gasteiger partial charge in [0, 0.05) is 18.6 Å². The van der Waals surface area contributed by atoms with Crippen molar-refractivity contribution in [1.82, 2.24) is 4.90 Å². The minimum Gasteiger partial charge on any atom is -0.466 e. The first-order valence-electron chi connectivity index (χ1n) is 14.5. The average Bonchev–Trinajstić information content (AvgIpc) is 2.99. The molecule has 0 saturated carbocycles. The van der Waals surface area contributed by atoms with Gasteiger partial charge in [-0.25, -0.2) is 0 Å². The third-order valence-corrected chi connectivity index (χ3v) is 7.76. The second-order valence-electron chi connectivity index (χ2n) is 10.5. The molecule has 0 aliphatic rings. The second-order valence-corrected chi connectivity index (χ2v) is 10.5. The molecule has 0 aromatic heterocycles. The van der Waals surface area contributed by atoms with E-state index < -0.39 is 17.7 Å². The molecule has 1 unspecified atom stereocenters. The van der Waals surface area contributed by atoms with Crippen molar-refractivity contribution in [2.75, 3.05) is 6.61 Å². The van der Waals surface area contributed by atoms with Crippen molar-refractivity contribution in [3.05, 3.63) is 143 Å². The monoisotopic (exact) mass is 573 g/mol. The summed E-state index contributed by atoms with van der Waals surface area (Å²) >= 11 is 0. The topological polar surface area (TPSA) is 29.5 Å². The Hall–Kier alpha value is -3.90. The summed E-state index contributed by atoms with van der Waals surface area (Å²) in [5.74, 6) is -0.770. The number of carbonyl (C=O) groups is 1. The lowest BCUT2D eigenvalue weighted by atomic mass is 9.86. The van der Waals surface area contributed by atoms with Gasteiger partial charge in [-0.1, -0.05) is 110 Å². The van der Waals surface area contributed by atoms with Gasteiger partial charge in [0.15, 0.2) is 0 Å². The van der Waals surface area contributed by atoms with Crippen LogP contribution in [0.25, 0.3) is 0 Å². The minimum atomic E-state index is -4.44. The molecule has 3 atom stereocenters. The highest BCUT2D eigenvalue weighted by Gasteiger charge is 2.37. The number of halogens is 3. The average molecular weight is 574 g/mol. The number of esters is 1. The molecule has 0 aliphatic heterocycles. The molecule has 0 N–H and O–H groups in total. The minimum absolute atomic E-state index is 0.0745. The third kappa shape index (κ3) is 7.68. The maximum Gasteiger partial charge on any atom is 0.416 e. The Kier molecular flexibility index (Phi) is 10.6. The van der Waals surface area contributed by atoms with Crippen molar-refractivity contribution >= 4 is 5.97 Å². The predicted molar refractivity (Wildman–Crippen MR) is 161 cm³/mol. The van der Waals surface area contributed by atoms with E-state index in [0.29, 0.717) is 13.0 Å². The molecule has 0 saturated heterocycles. The molecular formula is C36H38F3NO2. The molecule has 4 aromatic carbocycles. The summed E-state index contributed by atoms with van der Waals surface area (Å²) in [6.45, 7) is 6.74. The van der Waals surface area contributed by atoms with Crippen LogP contribution >= 0.6 is 0 Å². The molecule has 6 heteroatoms. The second kappa shape index (κ2) is 14.3. The normalized spacial score (nSPS) is 13.9. The van der Waals surface area contributed by atoms with Crippen LogP contribution in [0.4, 0.5) is 13.2 Å². The van der Waals surface area contributed by atoms with Crippen LogP contribution < -0.4 is 0 Å². The molecule has 3 nitrogen and oxygen atoms in total. The summed E-state index contributed by atoms with van der Waals surface area (Å²) in [7, 11) is 0. The fourth-order valence-corrected chi connectivity index (χ4v) is 5.67. The Labute approximate surface area is 247 Å². The quantitative estimate of drug-likeness (QED) is 0.158. The first-order chi connectivity index (χ1) is 20.2. The van der Waals surface area contributed by atoms with Gasteiger partial charge >= 0.3 is 12.1 Å². The van der Waals surface area contributed by atoms with E-state index in [1.165, 1.54) is 12.1 Å². The van der Waals surface area contributed by atoms with E-state index in [0.717, 1.165) is 28.3 Å². The molecule has 0 spiro atoms. The van der Waals surface area contributed by atoms with Crippen LogP contribution in [0.15, 0.2) is 109 Å². The van der Waals surface area contributed by atoms with Gasteiger partial charge in [-0.3, -0.25) is 9.69 Å². The molecule has 220 valence electrons.